The van der Waals surface area contributed by atoms with E-state index in [1.807, 2.05) is 31.2 Å². The number of aromatic amines is 1. The molecule has 1 aromatic heterocycles. The Kier molecular flexibility index (Phi) is 5.87. The summed E-state index contributed by atoms with van der Waals surface area (Å²) in [6, 6.07) is 7.80. The van der Waals surface area contributed by atoms with Crippen molar-refractivity contribution in [1.82, 2.24) is 19.8 Å². The monoisotopic (exact) mass is 398 g/mol. The number of nitrogens with zero attached hydrogens (tertiary/aromatic N) is 2. The van der Waals surface area contributed by atoms with Gasteiger partial charge in [-0.2, -0.15) is 0 Å². The minimum Gasteiger partial charge on any atom is -0.391 e. The second-order valence-corrected chi connectivity index (χ2v) is 8.61. The van der Waals surface area contributed by atoms with Crippen LogP contribution in [0, 0.1) is 18.8 Å². The summed E-state index contributed by atoms with van der Waals surface area (Å²) >= 11 is 0. The minimum atomic E-state index is -0.495. The van der Waals surface area contributed by atoms with E-state index in [0.29, 0.717) is 24.8 Å². The molecule has 0 unspecified atom stereocenters. The second-order valence-electron chi connectivity index (χ2n) is 8.61. The van der Waals surface area contributed by atoms with E-state index in [9.17, 15) is 14.7 Å². The highest BCUT2D eigenvalue weighted by molar-refractivity contribution is 5.79. The summed E-state index contributed by atoms with van der Waals surface area (Å²) in [5.41, 5.74) is 2.09. The van der Waals surface area contributed by atoms with Crippen LogP contribution in [0.3, 0.4) is 0 Å². The number of hydrogen-bond acceptors (Lipinski definition) is 4. The summed E-state index contributed by atoms with van der Waals surface area (Å²) in [5.74, 6) is 0.905. The lowest BCUT2D eigenvalue weighted by Gasteiger charge is -2.35. The standard InChI is InChI=1S/C22H30N4O3/c1-15-2-4-16(5-3-15)10-21(28)24-19-11-17-13-25(14-18(17)12-20(19)27)8-9-26-7-6-23-22(26)29/h2-7,17-20,27H,8-14H2,1H3,(H,23,29)(H,24,28)/t17-,18+,19-,20-/m0/s1. The van der Waals surface area contributed by atoms with Crippen molar-refractivity contribution in [1.29, 1.82) is 0 Å². The Bertz CT molecular complexity index is 888. The zero-order valence-electron chi connectivity index (χ0n) is 16.9. The fraction of sp³-hybridized carbons (Fsp3) is 0.545. The van der Waals surface area contributed by atoms with E-state index >= 15 is 0 Å². The molecule has 1 saturated carbocycles. The van der Waals surface area contributed by atoms with E-state index in [-0.39, 0.29) is 17.6 Å². The lowest BCUT2D eigenvalue weighted by atomic mass is 9.77. The number of likely N-dealkylation sites (tertiary alicyclic amines) is 1. The number of hydrogen-bond donors (Lipinski definition) is 3. The molecule has 7 nitrogen and oxygen atoms in total. The first-order valence-corrected chi connectivity index (χ1v) is 10.5. The van der Waals surface area contributed by atoms with Gasteiger partial charge in [-0.25, -0.2) is 4.79 Å². The molecule has 0 radical (unpaired) electrons. The number of carbonyl (C=O) groups excluding carboxylic acids is 1. The molecule has 1 aliphatic carbocycles. The fourth-order valence-corrected chi connectivity index (χ4v) is 4.79. The van der Waals surface area contributed by atoms with Gasteiger partial charge in [0.05, 0.1) is 18.6 Å². The summed E-state index contributed by atoms with van der Waals surface area (Å²) in [6.45, 7) is 5.43. The first-order chi connectivity index (χ1) is 14.0. The molecule has 4 rings (SSSR count). The number of aryl methyl sites for hydroxylation is 1. The average molecular weight is 399 g/mol. The first kappa shape index (κ1) is 19.9. The van der Waals surface area contributed by atoms with Crippen molar-refractivity contribution >= 4 is 5.91 Å². The number of aliphatic hydroxyl groups excluding tert-OH is 1. The highest BCUT2D eigenvalue weighted by atomic mass is 16.3. The number of rotatable bonds is 6. The van der Waals surface area contributed by atoms with Gasteiger partial charge in [0.15, 0.2) is 0 Å². The highest BCUT2D eigenvalue weighted by Gasteiger charge is 2.41. The van der Waals surface area contributed by atoms with Crippen LogP contribution >= 0.6 is 0 Å². The largest absolute Gasteiger partial charge is 0.391 e. The van der Waals surface area contributed by atoms with E-state index in [1.54, 1.807) is 17.0 Å². The van der Waals surface area contributed by atoms with Crippen LogP contribution in [0.15, 0.2) is 41.5 Å². The maximum absolute atomic E-state index is 12.5. The zero-order valence-corrected chi connectivity index (χ0v) is 16.9. The third-order valence-corrected chi connectivity index (χ3v) is 6.43. The molecule has 2 heterocycles. The molecule has 4 atom stereocenters. The third kappa shape index (κ3) is 4.79. The van der Waals surface area contributed by atoms with Crippen molar-refractivity contribution in [2.45, 2.75) is 44.9 Å². The summed E-state index contributed by atoms with van der Waals surface area (Å²) in [7, 11) is 0. The number of H-pyrrole nitrogens is 1. The minimum absolute atomic E-state index is 0.0296. The number of aromatic nitrogens is 2. The predicted molar refractivity (Wildman–Crippen MR) is 111 cm³/mol. The van der Waals surface area contributed by atoms with Crippen LogP contribution in [0.1, 0.15) is 24.0 Å². The number of fused-ring (bicyclic) bond motifs is 1. The summed E-state index contributed by atoms with van der Waals surface area (Å²) in [5, 5.41) is 13.7. The molecule has 156 valence electrons. The Labute approximate surface area is 170 Å². The predicted octanol–water partition coefficient (Wildman–Crippen LogP) is 0.915. The number of carbonyl (C=O) groups is 1. The molecule has 1 amide bonds. The molecule has 7 heteroatoms. The average Bonchev–Trinajstić information content (AvgIpc) is 3.27. The van der Waals surface area contributed by atoms with Gasteiger partial charge in [0.25, 0.3) is 0 Å². The summed E-state index contributed by atoms with van der Waals surface area (Å²) < 4.78 is 1.69. The van der Waals surface area contributed by atoms with E-state index < -0.39 is 6.10 Å². The van der Waals surface area contributed by atoms with Crippen LogP contribution < -0.4 is 11.0 Å². The Morgan fingerprint density at radius 1 is 1.17 bits per heavy atom. The molecule has 2 aliphatic rings. The third-order valence-electron chi connectivity index (χ3n) is 6.43. The van der Waals surface area contributed by atoms with Gasteiger partial charge in [-0.15, -0.1) is 0 Å². The van der Waals surface area contributed by atoms with Gasteiger partial charge >= 0.3 is 5.69 Å². The summed E-state index contributed by atoms with van der Waals surface area (Å²) in [4.78, 5) is 29.1. The summed E-state index contributed by atoms with van der Waals surface area (Å²) in [6.07, 6.45) is 4.81. The molecule has 1 aromatic carbocycles. The quantitative estimate of drug-likeness (QED) is 0.675. The second kappa shape index (κ2) is 8.55. The molecule has 2 fully saturated rings. The fourth-order valence-electron chi connectivity index (χ4n) is 4.79. The lowest BCUT2D eigenvalue weighted by Crippen LogP contribution is -2.49. The van der Waals surface area contributed by atoms with Crippen LogP contribution in [0.2, 0.25) is 0 Å². The van der Waals surface area contributed by atoms with E-state index in [2.05, 4.69) is 15.2 Å². The number of aliphatic hydroxyl groups is 1. The lowest BCUT2D eigenvalue weighted by molar-refractivity contribution is -0.122. The van der Waals surface area contributed by atoms with E-state index in [1.165, 1.54) is 5.56 Å². The van der Waals surface area contributed by atoms with Gasteiger partial charge in [0.1, 0.15) is 0 Å². The van der Waals surface area contributed by atoms with Crippen molar-refractivity contribution in [3.63, 3.8) is 0 Å². The molecule has 2 aromatic rings. The molecule has 3 N–H and O–H groups in total. The molecular formula is C22H30N4O3. The molecule has 1 saturated heterocycles. The SMILES string of the molecule is Cc1ccc(CC(=O)N[C@H]2C[C@H]3CN(CCn4cc[nH]c4=O)C[C@H]3C[C@@H]2O)cc1. The van der Waals surface area contributed by atoms with Crippen molar-refractivity contribution in [3.05, 3.63) is 58.3 Å². The van der Waals surface area contributed by atoms with Gasteiger partial charge in [0.2, 0.25) is 5.91 Å². The van der Waals surface area contributed by atoms with Crippen molar-refractivity contribution in [3.8, 4) is 0 Å². The Morgan fingerprint density at radius 2 is 1.90 bits per heavy atom. The van der Waals surface area contributed by atoms with Crippen LogP contribution in [0.4, 0.5) is 0 Å². The van der Waals surface area contributed by atoms with Gasteiger partial charge < -0.3 is 20.3 Å². The van der Waals surface area contributed by atoms with Crippen LogP contribution in [0.25, 0.3) is 0 Å². The molecule has 0 bridgehead atoms. The maximum atomic E-state index is 12.5. The molecular weight excluding hydrogens is 368 g/mol. The van der Waals surface area contributed by atoms with Gasteiger partial charge in [-0.1, -0.05) is 29.8 Å². The molecule has 0 spiro atoms. The maximum Gasteiger partial charge on any atom is 0.325 e. The molecule has 29 heavy (non-hydrogen) atoms. The van der Waals surface area contributed by atoms with Gasteiger partial charge in [-0.05, 0) is 37.2 Å². The Morgan fingerprint density at radius 3 is 2.59 bits per heavy atom. The van der Waals surface area contributed by atoms with E-state index in [4.69, 9.17) is 0 Å². The number of imidazole rings is 1. The Balaban J connectivity index is 1.28. The normalized spacial score (nSPS) is 27.0. The van der Waals surface area contributed by atoms with Gasteiger partial charge in [-0.3, -0.25) is 9.36 Å². The number of benzene rings is 1. The number of amides is 1. The van der Waals surface area contributed by atoms with Crippen molar-refractivity contribution < 1.29 is 9.90 Å². The Hall–Kier alpha value is -2.38. The van der Waals surface area contributed by atoms with Crippen molar-refractivity contribution in [2.75, 3.05) is 19.6 Å². The smallest absolute Gasteiger partial charge is 0.325 e. The van der Waals surface area contributed by atoms with Crippen LogP contribution in [0.5, 0.6) is 0 Å². The first-order valence-electron chi connectivity index (χ1n) is 10.5. The molecule has 1 aliphatic heterocycles. The number of nitrogens with one attached hydrogen (secondary N) is 2. The highest BCUT2D eigenvalue weighted by Crippen LogP contribution is 2.36. The topological polar surface area (TPSA) is 90.4 Å². The van der Waals surface area contributed by atoms with Crippen LogP contribution in [-0.4, -0.2) is 57.2 Å². The van der Waals surface area contributed by atoms with Gasteiger partial charge in [0, 0.05) is 38.6 Å². The van der Waals surface area contributed by atoms with E-state index in [0.717, 1.165) is 38.0 Å². The zero-order chi connectivity index (χ0) is 20.4. The van der Waals surface area contributed by atoms with Crippen LogP contribution in [-0.2, 0) is 17.8 Å². The van der Waals surface area contributed by atoms with Crippen molar-refractivity contribution in [2.24, 2.45) is 11.8 Å².